The van der Waals surface area contributed by atoms with Crippen molar-refractivity contribution in [2.45, 2.75) is 38.2 Å². The number of unbranched alkanes of at least 4 members (excludes halogenated alkanes) is 1. The summed E-state index contributed by atoms with van der Waals surface area (Å²) in [6.45, 7) is 1.85. The van der Waals surface area contributed by atoms with Crippen LogP contribution in [0.5, 0.6) is 0 Å². The zero-order chi connectivity index (χ0) is 12.0. The third-order valence-electron chi connectivity index (χ3n) is 2.53. The van der Waals surface area contributed by atoms with Gasteiger partial charge >= 0.3 is 0 Å². The highest BCUT2D eigenvalue weighted by atomic mass is 35.5. The molecule has 1 aromatic carbocycles. The quantitative estimate of drug-likeness (QED) is 0.614. The standard InChI is InChI=1S/C14H17ClO/c1-3-4-5-10-14(2,16)11-12-6-8-13(15)9-7-12/h1,6-9,16H,4-5,10-11H2,2H3. The normalized spacial score (nSPS) is 14.1. The Morgan fingerprint density at radius 2 is 2.00 bits per heavy atom. The fourth-order valence-corrected chi connectivity index (χ4v) is 1.83. The first-order valence-corrected chi connectivity index (χ1v) is 5.81. The molecule has 1 atom stereocenters. The molecule has 1 nitrogen and oxygen atoms in total. The van der Waals surface area contributed by atoms with E-state index in [0.717, 1.165) is 29.8 Å². The van der Waals surface area contributed by atoms with Gasteiger partial charge in [-0.2, -0.15) is 0 Å². The number of terminal acetylenes is 1. The molecule has 0 saturated carbocycles. The Hall–Kier alpha value is -0.970. The summed E-state index contributed by atoms with van der Waals surface area (Å²) in [5.74, 6) is 2.58. The van der Waals surface area contributed by atoms with Crippen LogP contribution >= 0.6 is 11.6 Å². The van der Waals surface area contributed by atoms with Crippen molar-refractivity contribution in [3.8, 4) is 12.3 Å². The third kappa shape index (κ3) is 4.70. The van der Waals surface area contributed by atoms with Gasteiger partial charge in [0.05, 0.1) is 5.60 Å². The van der Waals surface area contributed by atoms with Gasteiger partial charge in [0.25, 0.3) is 0 Å². The van der Waals surface area contributed by atoms with Crippen LogP contribution in [0.25, 0.3) is 0 Å². The van der Waals surface area contributed by atoms with Gasteiger partial charge in [-0.15, -0.1) is 12.3 Å². The van der Waals surface area contributed by atoms with E-state index < -0.39 is 5.60 Å². The SMILES string of the molecule is C#CCCCC(C)(O)Cc1ccc(Cl)cc1. The average molecular weight is 237 g/mol. The summed E-state index contributed by atoms with van der Waals surface area (Å²) in [5, 5.41) is 10.9. The smallest absolute Gasteiger partial charge is 0.0660 e. The Morgan fingerprint density at radius 1 is 1.38 bits per heavy atom. The van der Waals surface area contributed by atoms with Gasteiger partial charge in [-0.1, -0.05) is 23.7 Å². The average Bonchev–Trinajstić information content (AvgIpc) is 2.21. The highest BCUT2D eigenvalue weighted by Gasteiger charge is 2.19. The van der Waals surface area contributed by atoms with Crippen LogP contribution in [-0.2, 0) is 6.42 Å². The number of halogens is 1. The van der Waals surface area contributed by atoms with Crippen LogP contribution in [0, 0.1) is 12.3 Å². The fourth-order valence-electron chi connectivity index (χ4n) is 1.70. The van der Waals surface area contributed by atoms with E-state index in [0.29, 0.717) is 6.42 Å². The molecular formula is C14H17ClO. The molecule has 0 amide bonds. The Kier molecular flexibility index (Phi) is 4.86. The van der Waals surface area contributed by atoms with E-state index in [4.69, 9.17) is 18.0 Å². The summed E-state index contributed by atoms with van der Waals surface area (Å²) in [4.78, 5) is 0. The first-order chi connectivity index (χ1) is 7.53. The number of rotatable bonds is 5. The first kappa shape index (κ1) is 13.1. The van der Waals surface area contributed by atoms with Crippen LogP contribution in [0.2, 0.25) is 5.02 Å². The zero-order valence-corrected chi connectivity index (χ0v) is 10.3. The molecule has 0 saturated heterocycles. The minimum atomic E-state index is -0.690. The maximum atomic E-state index is 10.2. The topological polar surface area (TPSA) is 20.2 Å². The van der Waals surface area contributed by atoms with E-state index in [1.54, 1.807) is 0 Å². The molecule has 0 heterocycles. The second-order valence-corrected chi connectivity index (χ2v) is 4.79. The number of hydrogen-bond donors (Lipinski definition) is 1. The lowest BCUT2D eigenvalue weighted by atomic mass is 9.91. The predicted molar refractivity (Wildman–Crippen MR) is 68.5 cm³/mol. The summed E-state index contributed by atoms with van der Waals surface area (Å²) in [6.07, 6.45) is 8.11. The summed E-state index contributed by atoms with van der Waals surface area (Å²) in [7, 11) is 0. The molecule has 86 valence electrons. The lowest BCUT2D eigenvalue weighted by molar-refractivity contribution is 0.0496. The molecule has 2 heteroatoms. The molecule has 0 fully saturated rings. The van der Waals surface area contributed by atoms with E-state index in [1.807, 2.05) is 31.2 Å². The largest absolute Gasteiger partial charge is 0.390 e. The number of aliphatic hydroxyl groups is 1. The Morgan fingerprint density at radius 3 is 2.56 bits per heavy atom. The Balaban J connectivity index is 2.51. The monoisotopic (exact) mass is 236 g/mol. The van der Waals surface area contributed by atoms with E-state index in [-0.39, 0.29) is 0 Å². The van der Waals surface area contributed by atoms with E-state index in [9.17, 15) is 5.11 Å². The van der Waals surface area contributed by atoms with Gasteiger partial charge in [0, 0.05) is 17.9 Å². The van der Waals surface area contributed by atoms with Crippen LogP contribution < -0.4 is 0 Å². The molecule has 0 aliphatic carbocycles. The molecule has 0 radical (unpaired) electrons. The second-order valence-electron chi connectivity index (χ2n) is 4.36. The molecule has 0 spiro atoms. The van der Waals surface area contributed by atoms with Gasteiger partial charge in [-0.3, -0.25) is 0 Å². The number of benzene rings is 1. The van der Waals surface area contributed by atoms with Crippen LogP contribution in [0.3, 0.4) is 0 Å². The molecule has 0 bridgehead atoms. The van der Waals surface area contributed by atoms with Gasteiger partial charge in [0.1, 0.15) is 0 Å². The van der Waals surface area contributed by atoms with Crippen LogP contribution in [0.15, 0.2) is 24.3 Å². The van der Waals surface area contributed by atoms with Gasteiger partial charge in [0.15, 0.2) is 0 Å². The van der Waals surface area contributed by atoms with Crippen molar-refractivity contribution in [2.24, 2.45) is 0 Å². The molecule has 1 unspecified atom stereocenters. The molecule has 1 N–H and O–H groups in total. The first-order valence-electron chi connectivity index (χ1n) is 5.44. The van der Waals surface area contributed by atoms with Gasteiger partial charge in [-0.25, -0.2) is 0 Å². The summed E-state index contributed by atoms with van der Waals surface area (Å²) in [5.41, 5.74) is 0.403. The molecule has 16 heavy (non-hydrogen) atoms. The molecule has 0 aliphatic heterocycles. The van der Waals surface area contributed by atoms with Gasteiger partial charge in [-0.05, 0) is 37.5 Å². The summed E-state index contributed by atoms with van der Waals surface area (Å²) in [6, 6.07) is 7.57. The van der Waals surface area contributed by atoms with Crippen molar-refractivity contribution in [3.05, 3.63) is 34.9 Å². The Bertz CT molecular complexity index is 359. The zero-order valence-electron chi connectivity index (χ0n) is 9.54. The highest BCUT2D eigenvalue weighted by molar-refractivity contribution is 6.30. The second kappa shape index (κ2) is 5.94. The van der Waals surface area contributed by atoms with Crippen molar-refractivity contribution < 1.29 is 5.11 Å². The predicted octanol–water partition coefficient (Wildman–Crippen LogP) is 3.44. The fraction of sp³-hybridized carbons (Fsp3) is 0.429. The molecule has 0 aromatic heterocycles. The van der Waals surface area contributed by atoms with E-state index in [2.05, 4.69) is 5.92 Å². The lowest BCUT2D eigenvalue weighted by Crippen LogP contribution is -2.26. The van der Waals surface area contributed by atoms with Gasteiger partial charge in [0.2, 0.25) is 0 Å². The van der Waals surface area contributed by atoms with Crippen molar-refractivity contribution in [2.75, 3.05) is 0 Å². The lowest BCUT2D eigenvalue weighted by Gasteiger charge is -2.23. The number of hydrogen-bond acceptors (Lipinski definition) is 1. The minimum Gasteiger partial charge on any atom is -0.390 e. The maximum Gasteiger partial charge on any atom is 0.0660 e. The van der Waals surface area contributed by atoms with Crippen molar-refractivity contribution in [1.29, 1.82) is 0 Å². The van der Waals surface area contributed by atoms with Crippen molar-refractivity contribution in [3.63, 3.8) is 0 Å². The van der Waals surface area contributed by atoms with Crippen LogP contribution in [-0.4, -0.2) is 10.7 Å². The van der Waals surface area contributed by atoms with Gasteiger partial charge < -0.3 is 5.11 Å². The molecular weight excluding hydrogens is 220 g/mol. The third-order valence-corrected chi connectivity index (χ3v) is 2.79. The van der Waals surface area contributed by atoms with E-state index in [1.165, 1.54) is 0 Å². The molecule has 0 aliphatic rings. The minimum absolute atomic E-state index is 0.634. The van der Waals surface area contributed by atoms with Crippen molar-refractivity contribution in [1.82, 2.24) is 0 Å². The maximum absolute atomic E-state index is 10.2. The highest BCUT2D eigenvalue weighted by Crippen LogP contribution is 2.20. The van der Waals surface area contributed by atoms with Crippen LogP contribution in [0.1, 0.15) is 31.7 Å². The Labute approximate surface area is 102 Å². The molecule has 1 rings (SSSR count). The summed E-state index contributed by atoms with van der Waals surface area (Å²) < 4.78 is 0. The summed E-state index contributed by atoms with van der Waals surface area (Å²) >= 11 is 5.80. The van der Waals surface area contributed by atoms with E-state index >= 15 is 0 Å². The van der Waals surface area contributed by atoms with Crippen molar-refractivity contribution >= 4 is 11.6 Å². The van der Waals surface area contributed by atoms with Crippen LogP contribution in [0.4, 0.5) is 0 Å². The molecule has 1 aromatic rings.